The molecule has 3 N–H and O–H groups in total. The lowest BCUT2D eigenvalue weighted by molar-refractivity contribution is -0.115. The molecule has 0 unspecified atom stereocenters. The number of nitrogens with two attached hydrogens (primary N) is 1. The number of sulfonamides is 1. The van der Waals surface area contributed by atoms with Crippen LogP contribution < -0.4 is 10.5 Å². The third kappa shape index (κ3) is 6.44. The van der Waals surface area contributed by atoms with Crippen molar-refractivity contribution in [2.75, 3.05) is 19.4 Å². The fraction of sp³-hybridized carbons (Fsp3) is 0.348. The maximum atomic E-state index is 12.8. The number of nitrogens with zero attached hydrogens (tertiary/aromatic N) is 4. The van der Waals surface area contributed by atoms with Gasteiger partial charge in [-0.1, -0.05) is 49.0 Å². The van der Waals surface area contributed by atoms with Crippen molar-refractivity contribution in [2.45, 2.75) is 48.2 Å². The van der Waals surface area contributed by atoms with Crippen LogP contribution in [0.25, 0.3) is 0 Å². The Balaban J connectivity index is 1.80. The fourth-order valence-electron chi connectivity index (χ4n) is 3.51. The first-order valence-corrected chi connectivity index (χ1v) is 13.3. The molecule has 0 saturated heterocycles. The van der Waals surface area contributed by atoms with Gasteiger partial charge in [0.15, 0.2) is 11.0 Å². The van der Waals surface area contributed by atoms with Crippen molar-refractivity contribution in [1.29, 1.82) is 0 Å². The summed E-state index contributed by atoms with van der Waals surface area (Å²) in [5.74, 6) is 0.619. The van der Waals surface area contributed by atoms with E-state index in [1.807, 2.05) is 32.3 Å². The molecule has 2 aromatic carbocycles. The van der Waals surface area contributed by atoms with Crippen LogP contribution >= 0.6 is 11.8 Å². The van der Waals surface area contributed by atoms with Gasteiger partial charge in [-0.05, 0) is 57.3 Å². The fourth-order valence-corrected chi connectivity index (χ4v) is 4.88. The zero-order valence-electron chi connectivity index (χ0n) is 19.7. The van der Waals surface area contributed by atoms with E-state index >= 15 is 0 Å². The molecule has 0 aliphatic carbocycles. The van der Waals surface area contributed by atoms with E-state index in [-0.39, 0.29) is 16.8 Å². The Morgan fingerprint density at radius 1 is 1.12 bits per heavy atom. The molecule has 0 aliphatic heterocycles. The van der Waals surface area contributed by atoms with E-state index in [4.69, 9.17) is 5.14 Å². The second-order valence-electron chi connectivity index (χ2n) is 8.12. The summed E-state index contributed by atoms with van der Waals surface area (Å²) < 4.78 is 24.9. The van der Waals surface area contributed by atoms with Gasteiger partial charge in [-0.15, -0.1) is 10.2 Å². The normalized spacial score (nSPS) is 13.6. The van der Waals surface area contributed by atoms with Crippen LogP contribution in [0, 0.1) is 0 Å². The highest BCUT2D eigenvalue weighted by Gasteiger charge is 2.25. The average Bonchev–Trinajstić information content (AvgIpc) is 3.16. The minimum absolute atomic E-state index is 0.0131. The molecule has 34 heavy (non-hydrogen) atoms. The van der Waals surface area contributed by atoms with E-state index in [0.29, 0.717) is 17.4 Å². The number of carbonyl (C=O) groups excluding carboxylic acids is 1. The summed E-state index contributed by atoms with van der Waals surface area (Å²) in [5, 5.41) is 17.0. The first kappa shape index (κ1) is 25.9. The standard InChI is InChI=1S/C23H30N6O3S2/c1-5-20(28(3)4)21-26-27-23(29(21)15-17-9-7-6-8-10-17)33-16(2)22(30)25-18-11-13-19(14-12-18)34(24,31)32/h6-14,16,20H,5,15H2,1-4H3,(H,25,30)(H2,24,31,32)/t16-,20+/m1/s1. The van der Waals surface area contributed by atoms with Crippen molar-refractivity contribution in [2.24, 2.45) is 5.14 Å². The second-order valence-corrected chi connectivity index (χ2v) is 11.0. The smallest absolute Gasteiger partial charge is 0.238 e. The molecule has 0 radical (unpaired) electrons. The molecule has 1 heterocycles. The number of carbonyl (C=O) groups is 1. The first-order chi connectivity index (χ1) is 16.1. The molecule has 1 aromatic heterocycles. The van der Waals surface area contributed by atoms with E-state index < -0.39 is 15.3 Å². The van der Waals surface area contributed by atoms with Crippen LogP contribution in [-0.4, -0.2) is 53.3 Å². The quantitative estimate of drug-likeness (QED) is 0.408. The lowest BCUT2D eigenvalue weighted by atomic mass is 10.2. The molecule has 0 aliphatic rings. The molecule has 0 saturated carbocycles. The molecule has 1 amide bonds. The van der Waals surface area contributed by atoms with Gasteiger partial charge in [0.2, 0.25) is 15.9 Å². The van der Waals surface area contributed by atoms with Crippen LogP contribution in [0.5, 0.6) is 0 Å². The van der Waals surface area contributed by atoms with E-state index in [1.54, 1.807) is 6.92 Å². The number of nitrogens with one attached hydrogen (secondary N) is 1. The number of thioether (sulfide) groups is 1. The van der Waals surface area contributed by atoms with Gasteiger partial charge >= 0.3 is 0 Å². The van der Waals surface area contributed by atoms with Gasteiger partial charge in [0.1, 0.15) is 0 Å². The number of primary sulfonamides is 1. The summed E-state index contributed by atoms with van der Waals surface area (Å²) in [4.78, 5) is 14.9. The van der Waals surface area contributed by atoms with Gasteiger partial charge in [0.05, 0.1) is 22.7 Å². The lowest BCUT2D eigenvalue weighted by Crippen LogP contribution is -2.25. The molecule has 2 atom stereocenters. The zero-order valence-corrected chi connectivity index (χ0v) is 21.3. The van der Waals surface area contributed by atoms with Crippen LogP contribution in [0.15, 0.2) is 64.6 Å². The molecule has 9 nitrogen and oxygen atoms in total. The molecule has 0 bridgehead atoms. The van der Waals surface area contributed by atoms with E-state index in [0.717, 1.165) is 17.8 Å². The number of benzene rings is 2. The number of hydrogen-bond acceptors (Lipinski definition) is 7. The third-order valence-electron chi connectivity index (χ3n) is 5.34. The Kier molecular flexibility index (Phi) is 8.47. The minimum Gasteiger partial charge on any atom is -0.325 e. The van der Waals surface area contributed by atoms with Crippen molar-refractivity contribution >= 4 is 33.4 Å². The summed E-state index contributed by atoms with van der Waals surface area (Å²) in [7, 11) is 0.240. The van der Waals surface area contributed by atoms with Gasteiger partial charge in [-0.25, -0.2) is 13.6 Å². The molecule has 3 rings (SSSR count). The highest BCUT2D eigenvalue weighted by atomic mass is 32.2. The summed E-state index contributed by atoms with van der Waals surface area (Å²) in [5.41, 5.74) is 1.60. The maximum absolute atomic E-state index is 12.8. The first-order valence-electron chi connectivity index (χ1n) is 10.8. The van der Waals surface area contributed by atoms with Gasteiger partial charge in [-0.2, -0.15) is 0 Å². The zero-order chi connectivity index (χ0) is 24.9. The molecular formula is C23H30N6O3S2. The van der Waals surface area contributed by atoms with Crippen LogP contribution in [0.2, 0.25) is 0 Å². The molecule has 0 spiro atoms. The van der Waals surface area contributed by atoms with E-state index in [9.17, 15) is 13.2 Å². The van der Waals surface area contributed by atoms with E-state index in [2.05, 4.69) is 44.0 Å². The highest BCUT2D eigenvalue weighted by Crippen LogP contribution is 2.29. The number of aromatic nitrogens is 3. The summed E-state index contributed by atoms with van der Waals surface area (Å²) >= 11 is 1.33. The number of amides is 1. The SMILES string of the molecule is CC[C@@H](c1nnc(S[C@H](C)C(=O)Nc2ccc(S(N)(=O)=O)cc2)n1Cc1ccccc1)N(C)C. The molecule has 182 valence electrons. The molecule has 3 aromatic rings. The van der Waals surface area contributed by atoms with Crippen molar-refractivity contribution in [3.8, 4) is 0 Å². The Morgan fingerprint density at radius 2 is 1.76 bits per heavy atom. The topological polar surface area (TPSA) is 123 Å². The monoisotopic (exact) mass is 502 g/mol. The second kappa shape index (κ2) is 11.1. The molecular weight excluding hydrogens is 472 g/mol. The Labute approximate surface area is 204 Å². The van der Waals surface area contributed by atoms with Crippen LogP contribution in [0.4, 0.5) is 5.69 Å². The van der Waals surface area contributed by atoms with Gasteiger partial charge in [-0.3, -0.25) is 9.69 Å². The molecule has 0 fully saturated rings. The predicted octanol–water partition coefficient (Wildman–Crippen LogP) is 3.11. The van der Waals surface area contributed by atoms with Gasteiger partial charge in [0, 0.05) is 5.69 Å². The third-order valence-corrected chi connectivity index (χ3v) is 7.35. The van der Waals surface area contributed by atoms with Crippen LogP contribution in [0.1, 0.15) is 37.7 Å². The summed E-state index contributed by atoms with van der Waals surface area (Å²) in [6.07, 6.45) is 0.870. The van der Waals surface area contributed by atoms with E-state index in [1.165, 1.54) is 36.0 Å². The molecule has 11 heteroatoms. The average molecular weight is 503 g/mol. The number of hydrogen-bond donors (Lipinski definition) is 2. The number of rotatable bonds is 10. The van der Waals surface area contributed by atoms with Crippen molar-refractivity contribution < 1.29 is 13.2 Å². The summed E-state index contributed by atoms with van der Waals surface area (Å²) in [6, 6.07) is 15.9. The van der Waals surface area contributed by atoms with Crippen LogP contribution in [0.3, 0.4) is 0 Å². The maximum Gasteiger partial charge on any atom is 0.238 e. The Morgan fingerprint density at radius 3 is 2.32 bits per heavy atom. The summed E-state index contributed by atoms with van der Waals surface area (Å²) in [6.45, 7) is 4.50. The number of anilines is 1. The van der Waals surface area contributed by atoms with Crippen LogP contribution in [-0.2, 0) is 21.4 Å². The van der Waals surface area contributed by atoms with Crippen molar-refractivity contribution in [3.63, 3.8) is 0 Å². The lowest BCUT2D eigenvalue weighted by Gasteiger charge is -2.23. The predicted molar refractivity (Wildman–Crippen MR) is 134 cm³/mol. The Bertz CT molecular complexity index is 1210. The van der Waals surface area contributed by atoms with Crippen molar-refractivity contribution in [1.82, 2.24) is 19.7 Å². The minimum atomic E-state index is -3.79. The highest BCUT2D eigenvalue weighted by molar-refractivity contribution is 8.00. The Hall–Kier alpha value is -2.73. The van der Waals surface area contributed by atoms with Gasteiger partial charge in [0.25, 0.3) is 0 Å². The van der Waals surface area contributed by atoms with Gasteiger partial charge < -0.3 is 9.88 Å². The van der Waals surface area contributed by atoms with Crippen molar-refractivity contribution in [3.05, 3.63) is 66.0 Å². The largest absolute Gasteiger partial charge is 0.325 e.